The number of allylic oxidation sites excluding steroid dienone is 1. The van der Waals surface area contributed by atoms with Gasteiger partial charge >= 0.3 is 0 Å². The highest BCUT2D eigenvalue weighted by Gasteiger charge is 2.09. The highest BCUT2D eigenvalue weighted by Crippen LogP contribution is 2.28. The lowest BCUT2D eigenvalue weighted by Gasteiger charge is -2.08. The highest BCUT2D eigenvalue weighted by atomic mass is 16.1. The van der Waals surface area contributed by atoms with Crippen LogP contribution in [0.1, 0.15) is 10.4 Å². The van der Waals surface area contributed by atoms with Crippen LogP contribution in [0.4, 0.5) is 0 Å². The van der Waals surface area contributed by atoms with E-state index in [0.717, 1.165) is 21.7 Å². The number of hydrogen-bond donors (Lipinski definition) is 0. The van der Waals surface area contributed by atoms with E-state index in [0.29, 0.717) is 0 Å². The molecule has 3 aromatic carbocycles. The zero-order valence-corrected chi connectivity index (χ0v) is 9.89. The fraction of sp³-hybridized carbons (Fsp3) is 0. The molecular formula is C17H12O. The number of carbonyl (C=O) groups excluding carboxylic acids is 1. The van der Waals surface area contributed by atoms with E-state index in [9.17, 15) is 4.79 Å². The van der Waals surface area contributed by atoms with Gasteiger partial charge in [-0.05, 0) is 33.7 Å². The summed E-state index contributed by atoms with van der Waals surface area (Å²) in [7, 11) is 0. The molecule has 0 bridgehead atoms. The minimum atomic E-state index is -0.0306. The lowest BCUT2D eigenvalue weighted by Crippen LogP contribution is -1.95. The van der Waals surface area contributed by atoms with E-state index >= 15 is 0 Å². The zero-order chi connectivity index (χ0) is 12.5. The maximum absolute atomic E-state index is 12.0. The van der Waals surface area contributed by atoms with Crippen LogP contribution < -0.4 is 0 Å². The first kappa shape index (κ1) is 10.7. The molecule has 0 atom stereocenters. The largest absolute Gasteiger partial charge is 0.289 e. The normalized spacial score (nSPS) is 10.7. The van der Waals surface area contributed by atoms with Crippen molar-refractivity contribution in [3.05, 3.63) is 72.8 Å². The summed E-state index contributed by atoms with van der Waals surface area (Å²) < 4.78 is 0. The molecule has 0 fully saturated rings. The number of rotatable bonds is 2. The second-order valence-electron chi connectivity index (χ2n) is 4.26. The smallest absolute Gasteiger partial charge is 0.185 e. The van der Waals surface area contributed by atoms with Crippen molar-refractivity contribution < 1.29 is 4.79 Å². The van der Waals surface area contributed by atoms with E-state index in [2.05, 4.69) is 18.7 Å². The molecule has 1 heteroatoms. The van der Waals surface area contributed by atoms with Gasteiger partial charge in [0.1, 0.15) is 0 Å². The van der Waals surface area contributed by atoms with Crippen LogP contribution in [-0.2, 0) is 0 Å². The lowest BCUT2D eigenvalue weighted by molar-refractivity contribution is 0.104. The van der Waals surface area contributed by atoms with Crippen LogP contribution in [-0.4, -0.2) is 5.78 Å². The van der Waals surface area contributed by atoms with Crippen molar-refractivity contribution in [1.29, 1.82) is 0 Å². The maximum Gasteiger partial charge on any atom is 0.185 e. The first-order chi connectivity index (χ1) is 8.81. The monoisotopic (exact) mass is 232 g/mol. The van der Waals surface area contributed by atoms with Crippen LogP contribution in [0.25, 0.3) is 21.5 Å². The second kappa shape index (κ2) is 4.11. The molecule has 0 aliphatic carbocycles. The van der Waals surface area contributed by atoms with E-state index in [4.69, 9.17) is 0 Å². The topological polar surface area (TPSA) is 17.1 Å². The number of benzene rings is 3. The molecule has 3 rings (SSSR count). The van der Waals surface area contributed by atoms with Crippen molar-refractivity contribution >= 4 is 27.3 Å². The molecule has 86 valence electrons. The van der Waals surface area contributed by atoms with Gasteiger partial charge in [0.05, 0.1) is 0 Å². The van der Waals surface area contributed by atoms with Gasteiger partial charge in [-0.3, -0.25) is 4.79 Å². The van der Waals surface area contributed by atoms with Gasteiger partial charge in [-0.2, -0.15) is 0 Å². The first-order valence-electron chi connectivity index (χ1n) is 5.88. The third-order valence-corrected chi connectivity index (χ3v) is 3.22. The summed E-state index contributed by atoms with van der Waals surface area (Å²) in [5.41, 5.74) is 0.722. The molecule has 0 aliphatic heterocycles. The summed E-state index contributed by atoms with van der Waals surface area (Å²) in [6, 6.07) is 18.1. The third-order valence-electron chi connectivity index (χ3n) is 3.22. The standard InChI is InChI=1S/C17H12O/c1-2-17(18)16-11-12-7-3-4-8-13(12)14-9-5-6-10-15(14)16/h2-11H,1H2. The Hall–Kier alpha value is -2.41. The van der Waals surface area contributed by atoms with Crippen LogP contribution >= 0.6 is 0 Å². The van der Waals surface area contributed by atoms with Crippen molar-refractivity contribution in [1.82, 2.24) is 0 Å². The van der Waals surface area contributed by atoms with E-state index in [1.807, 2.05) is 42.5 Å². The molecule has 0 aliphatic rings. The Labute approximate surface area is 105 Å². The Bertz CT molecular complexity index is 769. The Morgan fingerprint density at radius 1 is 0.889 bits per heavy atom. The van der Waals surface area contributed by atoms with Gasteiger partial charge in [-0.15, -0.1) is 0 Å². The minimum absolute atomic E-state index is 0.0306. The van der Waals surface area contributed by atoms with Gasteiger partial charge in [0.25, 0.3) is 0 Å². The van der Waals surface area contributed by atoms with E-state index in [-0.39, 0.29) is 5.78 Å². The van der Waals surface area contributed by atoms with Crippen molar-refractivity contribution in [2.24, 2.45) is 0 Å². The fourth-order valence-corrected chi connectivity index (χ4v) is 2.37. The Balaban J connectivity index is 2.54. The molecule has 0 aromatic heterocycles. The summed E-state index contributed by atoms with van der Waals surface area (Å²) in [5.74, 6) is -0.0306. The van der Waals surface area contributed by atoms with Gasteiger partial charge in [-0.1, -0.05) is 55.1 Å². The van der Waals surface area contributed by atoms with Gasteiger partial charge in [0, 0.05) is 5.56 Å². The number of fused-ring (bicyclic) bond motifs is 3. The molecule has 18 heavy (non-hydrogen) atoms. The second-order valence-corrected chi connectivity index (χ2v) is 4.26. The van der Waals surface area contributed by atoms with Gasteiger partial charge in [0.15, 0.2) is 5.78 Å². The Morgan fingerprint density at radius 2 is 1.50 bits per heavy atom. The van der Waals surface area contributed by atoms with Crippen molar-refractivity contribution in [3.8, 4) is 0 Å². The number of ketones is 1. The van der Waals surface area contributed by atoms with Gasteiger partial charge in [0.2, 0.25) is 0 Å². The number of hydrogen-bond acceptors (Lipinski definition) is 1. The molecule has 0 spiro atoms. The molecule has 0 radical (unpaired) electrons. The molecule has 0 saturated carbocycles. The quantitative estimate of drug-likeness (QED) is 0.364. The molecule has 0 heterocycles. The Morgan fingerprint density at radius 3 is 2.22 bits per heavy atom. The fourth-order valence-electron chi connectivity index (χ4n) is 2.37. The van der Waals surface area contributed by atoms with Crippen LogP contribution in [0.5, 0.6) is 0 Å². The zero-order valence-electron chi connectivity index (χ0n) is 9.89. The molecule has 0 N–H and O–H groups in total. The van der Waals surface area contributed by atoms with Gasteiger partial charge < -0.3 is 0 Å². The van der Waals surface area contributed by atoms with Crippen LogP contribution in [0, 0.1) is 0 Å². The summed E-state index contributed by atoms with van der Waals surface area (Å²) in [6.45, 7) is 3.57. The van der Waals surface area contributed by atoms with Gasteiger partial charge in [-0.25, -0.2) is 0 Å². The number of carbonyl (C=O) groups is 1. The molecule has 0 amide bonds. The van der Waals surface area contributed by atoms with Crippen molar-refractivity contribution in [2.45, 2.75) is 0 Å². The average Bonchev–Trinajstić information content (AvgIpc) is 2.45. The third kappa shape index (κ3) is 1.52. The first-order valence-corrected chi connectivity index (χ1v) is 5.88. The molecule has 0 unspecified atom stereocenters. The summed E-state index contributed by atoms with van der Waals surface area (Å²) >= 11 is 0. The molecule has 1 nitrogen and oxygen atoms in total. The van der Waals surface area contributed by atoms with Crippen LogP contribution in [0.15, 0.2) is 67.3 Å². The predicted octanol–water partition coefficient (Wildman–Crippen LogP) is 4.36. The Kier molecular flexibility index (Phi) is 2.45. The lowest BCUT2D eigenvalue weighted by atomic mass is 9.95. The minimum Gasteiger partial charge on any atom is -0.289 e. The molecule has 3 aromatic rings. The molecular weight excluding hydrogens is 220 g/mol. The highest BCUT2D eigenvalue weighted by molar-refractivity contribution is 6.20. The van der Waals surface area contributed by atoms with E-state index in [1.54, 1.807) is 0 Å². The predicted molar refractivity (Wildman–Crippen MR) is 76.0 cm³/mol. The summed E-state index contributed by atoms with van der Waals surface area (Å²) in [5, 5.41) is 4.36. The average molecular weight is 232 g/mol. The van der Waals surface area contributed by atoms with Crippen LogP contribution in [0.2, 0.25) is 0 Å². The van der Waals surface area contributed by atoms with E-state index < -0.39 is 0 Å². The van der Waals surface area contributed by atoms with Crippen molar-refractivity contribution in [3.63, 3.8) is 0 Å². The SMILES string of the molecule is C=CC(=O)c1cc2ccccc2c2ccccc12. The van der Waals surface area contributed by atoms with Crippen LogP contribution in [0.3, 0.4) is 0 Å². The van der Waals surface area contributed by atoms with Crippen molar-refractivity contribution in [2.75, 3.05) is 0 Å². The summed E-state index contributed by atoms with van der Waals surface area (Å²) in [4.78, 5) is 12.0. The summed E-state index contributed by atoms with van der Waals surface area (Å²) in [6.07, 6.45) is 1.37. The van der Waals surface area contributed by atoms with E-state index in [1.165, 1.54) is 11.5 Å². The maximum atomic E-state index is 12.0. The molecule has 0 saturated heterocycles.